The van der Waals surface area contributed by atoms with Crippen LogP contribution in [0.3, 0.4) is 0 Å². The van der Waals surface area contributed by atoms with E-state index >= 15 is 0 Å². The molecule has 1 aliphatic carbocycles. The second kappa shape index (κ2) is 4.85. The van der Waals surface area contributed by atoms with Crippen LogP contribution in [0.25, 0.3) is 0 Å². The summed E-state index contributed by atoms with van der Waals surface area (Å²) in [4.78, 5) is 0. The van der Waals surface area contributed by atoms with E-state index in [-0.39, 0.29) is 32.3 Å². The molecule has 0 aliphatic heterocycles. The van der Waals surface area contributed by atoms with E-state index in [0.29, 0.717) is 0 Å². The SMILES string of the molecule is CCOC(F)(F)C1CCC(C(F)(F)F)CC1. The summed E-state index contributed by atoms with van der Waals surface area (Å²) >= 11 is 0. The minimum Gasteiger partial charge on any atom is -0.321 e. The van der Waals surface area contributed by atoms with Crippen molar-refractivity contribution in [1.82, 2.24) is 0 Å². The molecule has 0 bridgehead atoms. The quantitative estimate of drug-likeness (QED) is 0.684. The van der Waals surface area contributed by atoms with Crippen molar-refractivity contribution in [3.05, 3.63) is 0 Å². The van der Waals surface area contributed by atoms with Crippen LogP contribution >= 0.6 is 0 Å². The van der Waals surface area contributed by atoms with Crippen LogP contribution in [0.1, 0.15) is 32.6 Å². The highest BCUT2D eigenvalue weighted by atomic mass is 19.4. The van der Waals surface area contributed by atoms with Crippen LogP contribution in [0.2, 0.25) is 0 Å². The van der Waals surface area contributed by atoms with Crippen molar-refractivity contribution < 1.29 is 26.7 Å². The number of rotatable bonds is 3. The van der Waals surface area contributed by atoms with Crippen molar-refractivity contribution >= 4 is 0 Å². The topological polar surface area (TPSA) is 9.23 Å². The van der Waals surface area contributed by atoms with Crippen molar-refractivity contribution in [2.24, 2.45) is 11.8 Å². The molecule has 16 heavy (non-hydrogen) atoms. The van der Waals surface area contributed by atoms with Gasteiger partial charge in [0, 0.05) is 0 Å². The Morgan fingerprint density at radius 3 is 1.75 bits per heavy atom. The highest BCUT2D eigenvalue weighted by molar-refractivity contribution is 4.80. The van der Waals surface area contributed by atoms with Gasteiger partial charge in [0.05, 0.1) is 18.4 Å². The van der Waals surface area contributed by atoms with Crippen molar-refractivity contribution in [3.63, 3.8) is 0 Å². The molecule has 0 atom stereocenters. The van der Waals surface area contributed by atoms with Crippen LogP contribution < -0.4 is 0 Å². The normalized spacial score (nSPS) is 28.1. The molecule has 0 radical (unpaired) electrons. The third kappa shape index (κ3) is 3.30. The number of hydrogen-bond donors (Lipinski definition) is 0. The number of alkyl halides is 5. The lowest BCUT2D eigenvalue weighted by Gasteiger charge is -2.33. The molecule has 0 amide bonds. The van der Waals surface area contributed by atoms with Gasteiger partial charge in [0.2, 0.25) is 0 Å². The summed E-state index contributed by atoms with van der Waals surface area (Å²) < 4.78 is 67.6. The molecular weight excluding hydrogens is 231 g/mol. The molecule has 0 aromatic rings. The van der Waals surface area contributed by atoms with Crippen molar-refractivity contribution in [2.45, 2.75) is 44.9 Å². The Morgan fingerprint density at radius 2 is 1.38 bits per heavy atom. The maximum absolute atomic E-state index is 13.2. The molecule has 1 aliphatic rings. The van der Waals surface area contributed by atoms with Crippen LogP contribution in [0, 0.1) is 11.8 Å². The fourth-order valence-corrected chi connectivity index (χ4v) is 2.07. The molecule has 0 aromatic heterocycles. The van der Waals surface area contributed by atoms with Crippen LogP contribution in [0.15, 0.2) is 0 Å². The van der Waals surface area contributed by atoms with E-state index in [1.54, 1.807) is 0 Å². The molecule has 0 unspecified atom stereocenters. The maximum Gasteiger partial charge on any atom is 0.391 e. The fraction of sp³-hybridized carbons (Fsp3) is 1.00. The smallest absolute Gasteiger partial charge is 0.321 e. The average Bonchev–Trinajstić information content (AvgIpc) is 2.16. The third-order valence-corrected chi connectivity index (χ3v) is 3.00. The van der Waals surface area contributed by atoms with Gasteiger partial charge in [-0.05, 0) is 32.6 Å². The van der Waals surface area contributed by atoms with Crippen molar-refractivity contribution in [3.8, 4) is 0 Å². The van der Waals surface area contributed by atoms with Crippen LogP contribution in [-0.2, 0) is 4.74 Å². The molecule has 1 saturated carbocycles. The highest BCUT2D eigenvalue weighted by Gasteiger charge is 2.47. The predicted octanol–water partition coefficient (Wildman–Crippen LogP) is 3.98. The van der Waals surface area contributed by atoms with Gasteiger partial charge in [-0.1, -0.05) is 0 Å². The van der Waals surface area contributed by atoms with Crippen LogP contribution in [0.4, 0.5) is 22.0 Å². The minimum absolute atomic E-state index is 0.128. The predicted molar refractivity (Wildman–Crippen MR) is 48.1 cm³/mol. The molecule has 1 rings (SSSR count). The van der Waals surface area contributed by atoms with Gasteiger partial charge in [0.1, 0.15) is 0 Å². The monoisotopic (exact) mass is 246 g/mol. The summed E-state index contributed by atoms with van der Waals surface area (Å²) in [7, 11) is 0. The molecule has 1 fully saturated rings. The lowest BCUT2D eigenvalue weighted by atomic mass is 9.81. The van der Waals surface area contributed by atoms with E-state index in [1.807, 2.05) is 0 Å². The first-order valence-electron chi connectivity index (χ1n) is 5.36. The van der Waals surface area contributed by atoms with Gasteiger partial charge in [-0.3, -0.25) is 0 Å². The second-order valence-corrected chi connectivity index (χ2v) is 4.08. The van der Waals surface area contributed by atoms with Crippen molar-refractivity contribution in [1.29, 1.82) is 0 Å². The Labute approximate surface area is 91.0 Å². The zero-order chi connectivity index (χ0) is 12.4. The molecule has 0 saturated heterocycles. The van der Waals surface area contributed by atoms with Gasteiger partial charge in [-0.2, -0.15) is 22.0 Å². The third-order valence-electron chi connectivity index (χ3n) is 3.00. The van der Waals surface area contributed by atoms with Crippen LogP contribution in [-0.4, -0.2) is 18.9 Å². The molecular formula is C10H15F5O. The molecule has 0 N–H and O–H groups in total. The second-order valence-electron chi connectivity index (χ2n) is 4.08. The Bertz CT molecular complexity index is 218. The van der Waals surface area contributed by atoms with E-state index in [4.69, 9.17) is 0 Å². The molecule has 1 nitrogen and oxygen atoms in total. The lowest BCUT2D eigenvalue weighted by molar-refractivity contribution is -0.280. The number of hydrogen-bond acceptors (Lipinski definition) is 1. The first-order chi connectivity index (χ1) is 7.27. The van der Waals surface area contributed by atoms with E-state index < -0.39 is 24.1 Å². The van der Waals surface area contributed by atoms with Gasteiger partial charge in [-0.15, -0.1) is 0 Å². The summed E-state index contributed by atoms with van der Waals surface area (Å²) in [5, 5.41) is 0. The summed E-state index contributed by atoms with van der Waals surface area (Å²) in [6, 6.07) is 0. The van der Waals surface area contributed by atoms with Gasteiger partial charge in [0.15, 0.2) is 0 Å². The number of halogens is 5. The standard InChI is InChI=1S/C10H15F5O/c1-2-16-10(14,15)8-5-3-7(4-6-8)9(11,12)13/h7-8H,2-6H2,1H3. The number of ether oxygens (including phenoxy) is 1. The zero-order valence-corrected chi connectivity index (χ0v) is 8.99. The largest absolute Gasteiger partial charge is 0.391 e. The molecule has 0 aromatic carbocycles. The Hall–Kier alpha value is -0.390. The van der Waals surface area contributed by atoms with E-state index in [0.717, 1.165) is 0 Å². The first-order valence-corrected chi connectivity index (χ1v) is 5.36. The first kappa shape index (κ1) is 13.7. The van der Waals surface area contributed by atoms with Gasteiger partial charge in [0.25, 0.3) is 0 Å². The summed E-state index contributed by atoms with van der Waals surface area (Å²) in [6.45, 7) is 1.31. The lowest BCUT2D eigenvalue weighted by Crippen LogP contribution is -2.37. The molecule has 96 valence electrons. The summed E-state index contributed by atoms with van der Waals surface area (Å²) in [6.07, 6.45) is -8.25. The maximum atomic E-state index is 13.2. The Morgan fingerprint density at radius 1 is 0.938 bits per heavy atom. The molecule has 6 heteroatoms. The van der Waals surface area contributed by atoms with E-state index in [2.05, 4.69) is 4.74 Å². The average molecular weight is 246 g/mol. The molecule has 0 heterocycles. The highest BCUT2D eigenvalue weighted by Crippen LogP contribution is 2.44. The molecule has 0 spiro atoms. The van der Waals surface area contributed by atoms with Gasteiger partial charge < -0.3 is 4.74 Å². The van der Waals surface area contributed by atoms with Crippen LogP contribution in [0.5, 0.6) is 0 Å². The summed E-state index contributed by atoms with van der Waals surface area (Å²) in [5.74, 6) is -2.51. The van der Waals surface area contributed by atoms with E-state index in [9.17, 15) is 22.0 Å². The Kier molecular flexibility index (Phi) is 4.15. The van der Waals surface area contributed by atoms with Gasteiger partial charge >= 0.3 is 12.3 Å². The minimum atomic E-state index is -4.26. The fourth-order valence-electron chi connectivity index (χ4n) is 2.07. The Balaban J connectivity index is 2.49. The van der Waals surface area contributed by atoms with Gasteiger partial charge in [-0.25, -0.2) is 0 Å². The van der Waals surface area contributed by atoms with E-state index in [1.165, 1.54) is 6.92 Å². The summed E-state index contributed by atoms with van der Waals surface area (Å²) in [5.41, 5.74) is 0. The van der Waals surface area contributed by atoms with Crippen molar-refractivity contribution in [2.75, 3.05) is 6.61 Å². The zero-order valence-electron chi connectivity index (χ0n) is 8.99.